The fourth-order valence-electron chi connectivity index (χ4n) is 3.11. The van der Waals surface area contributed by atoms with Gasteiger partial charge in [-0.3, -0.25) is 0 Å². The van der Waals surface area contributed by atoms with Crippen molar-refractivity contribution in [3.8, 4) is 5.75 Å². The zero-order chi connectivity index (χ0) is 13.3. The molecule has 1 fully saturated rings. The molecule has 0 spiro atoms. The summed E-state index contributed by atoms with van der Waals surface area (Å²) in [5.41, 5.74) is 1.34. The molecule has 2 nitrogen and oxygen atoms in total. The van der Waals surface area contributed by atoms with E-state index in [1.165, 1.54) is 57.1 Å². The Bertz CT molecular complexity index is 356. The van der Waals surface area contributed by atoms with E-state index < -0.39 is 0 Å². The van der Waals surface area contributed by atoms with E-state index in [1.54, 1.807) is 7.11 Å². The van der Waals surface area contributed by atoms with Crippen LogP contribution in [0.2, 0.25) is 0 Å². The topological polar surface area (TPSA) is 25.8 Å². The van der Waals surface area contributed by atoms with E-state index in [0.29, 0.717) is 0 Å². The average molecular weight is 262 g/mol. The van der Waals surface area contributed by atoms with Crippen molar-refractivity contribution in [2.24, 2.45) is 0 Å². The Morgan fingerprint density at radius 1 is 1.05 bits per heavy atom. The molecule has 0 atom stereocenters. The molecule has 2 N–H and O–H groups in total. The molecule has 0 aromatic heterocycles. The van der Waals surface area contributed by atoms with Gasteiger partial charge >= 0.3 is 0 Å². The largest absolute Gasteiger partial charge is 0.496 e. The quantitative estimate of drug-likeness (QED) is 0.867. The molecule has 1 aromatic rings. The highest BCUT2D eigenvalue weighted by atomic mass is 16.5. The van der Waals surface area contributed by atoms with Gasteiger partial charge in [0.05, 0.1) is 19.7 Å². The minimum Gasteiger partial charge on any atom is -0.496 e. The van der Waals surface area contributed by atoms with Crippen molar-refractivity contribution in [3.63, 3.8) is 0 Å². The van der Waals surface area contributed by atoms with Gasteiger partial charge < -0.3 is 10.1 Å². The molecule has 1 aliphatic rings. The lowest BCUT2D eigenvalue weighted by Crippen LogP contribution is -2.90. The van der Waals surface area contributed by atoms with Crippen LogP contribution in [0.15, 0.2) is 24.3 Å². The smallest absolute Gasteiger partial charge is 0.122 e. The molecule has 0 saturated heterocycles. The molecule has 19 heavy (non-hydrogen) atoms. The van der Waals surface area contributed by atoms with Crippen LogP contribution in [0.5, 0.6) is 5.75 Å². The fourth-order valence-corrected chi connectivity index (χ4v) is 3.11. The van der Waals surface area contributed by atoms with Crippen molar-refractivity contribution >= 4 is 0 Å². The summed E-state index contributed by atoms with van der Waals surface area (Å²) >= 11 is 0. The summed E-state index contributed by atoms with van der Waals surface area (Å²) < 4.78 is 5.41. The number of methoxy groups -OCH3 is 1. The predicted octanol–water partition coefficient (Wildman–Crippen LogP) is 2.91. The Labute approximate surface area is 117 Å². The first-order valence-electron chi connectivity index (χ1n) is 7.85. The van der Waals surface area contributed by atoms with E-state index >= 15 is 0 Å². The van der Waals surface area contributed by atoms with Gasteiger partial charge in [0, 0.05) is 6.42 Å². The maximum atomic E-state index is 5.41. The third-order valence-corrected chi connectivity index (χ3v) is 4.26. The Balaban J connectivity index is 1.75. The lowest BCUT2D eigenvalue weighted by molar-refractivity contribution is -0.690. The lowest BCUT2D eigenvalue weighted by Gasteiger charge is -2.18. The molecule has 2 heteroatoms. The molecule has 1 aliphatic carbocycles. The van der Waals surface area contributed by atoms with Crippen molar-refractivity contribution in [1.29, 1.82) is 0 Å². The second-order valence-corrected chi connectivity index (χ2v) is 5.69. The van der Waals surface area contributed by atoms with Crippen molar-refractivity contribution in [3.05, 3.63) is 29.8 Å². The first kappa shape index (κ1) is 14.4. The predicted molar refractivity (Wildman–Crippen MR) is 79.6 cm³/mol. The first-order chi connectivity index (χ1) is 9.40. The Morgan fingerprint density at radius 2 is 1.74 bits per heavy atom. The molecule has 1 saturated carbocycles. The maximum absolute atomic E-state index is 5.41. The van der Waals surface area contributed by atoms with E-state index in [2.05, 4.69) is 23.5 Å². The van der Waals surface area contributed by atoms with E-state index in [9.17, 15) is 0 Å². The van der Waals surface area contributed by atoms with Crippen LogP contribution in [0.4, 0.5) is 0 Å². The molecular weight excluding hydrogens is 234 g/mol. The number of quaternary nitrogens is 1. The summed E-state index contributed by atoms with van der Waals surface area (Å²) in [6.07, 6.45) is 11.1. The summed E-state index contributed by atoms with van der Waals surface area (Å²) in [7, 11) is 1.76. The third kappa shape index (κ3) is 4.87. The minimum atomic E-state index is 0.856. The van der Waals surface area contributed by atoms with Gasteiger partial charge in [0.15, 0.2) is 0 Å². The van der Waals surface area contributed by atoms with Gasteiger partial charge in [0.1, 0.15) is 5.75 Å². The van der Waals surface area contributed by atoms with Crippen LogP contribution in [0.25, 0.3) is 0 Å². The van der Waals surface area contributed by atoms with Crippen molar-refractivity contribution in [2.45, 2.75) is 57.4 Å². The van der Waals surface area contributed by atoms with Gasteiger partial charge in [-0.25, -0.2) is 0 Å². The van der Waals surface area contributed by atoms with Crippen molar-refractivity contribution in [1.82, 2.24) is 0 Å². The van der Waals surface area contributed by atoms with E-state index in [0.717, 1.165) is 18.2 Å². The number of nitrogens with two attached hydrogens (primary N) is 1. The Kier molecular flexibility index (Phi) is 6.22. The number of para-hydroxylation sites is 1. The summed E-state index contributed by atoms with van der Waals surface area (Å²) in [6.45, 7) is 1.19. The van der Waals surface area contributed by atoms with Crippen LogP contribution in [-0.2, 0) is 6.42 Å². The Morgan fingerprint density at radius 3 is 2.47 bits per heavy atom. The van der Waals surface area contributed by atoms with Gasteiger partial charge in [-0.15, -0.1) is 0 Å². The van der Waals surface area contributed by atoms with Crippen molar-refractivity contribution in [2.75, 3.05) is 13.7 Å². The zero-order valence-electron chi connectivity index (χ0n) is 12.2. The van der Waals surface area contributed by atoms with E-state index in [4.69, 9.17) is 4.74 Å². The van der Waals surface area contributed by atoms with E-state index in [-0.39, 0.29) is 0 Å². The van der Waals surface area contributed by atoms with Crippen LogP contribution in [-0.4, -0.2) is 19.7 Å². The monoisotopic (exact) mass is 262 g/mol. The number of benzene rings is 1. The highest BCUT2D eigenvalue weighted by Crippen LogP contribution is 2.17. The summed E-state index contributed by atoms with van der Waals surface area (Å²) in [6, 6.07) is 9.25. The molecule has 0 aliphatic heterocycles. The van der Waals surface area contributed by atoms with Crippen LogP contribution >= 0.6 is 0 Å². The van der Waals surface area contributed by atoms with Crippen LogP contribution < -0.4 is 10.1 Å². The summed E-state index contributed by atoms with van der Waals surface area (Å²) in [5, 5.41) is 2.57. The zero-order valence-corrected chi connectivity index (χ0v) is 12.2. The van der Waals surface area contributed by atoms with Crippen molar-refractivity contribution < 1.29 is 10.1 Å². The SMILES string of the molecule is COc1ccccc1CC[NH2+]C1CCCCCCC1. The van der Waals surface area contributed by atoms with Gasteiger partial charge in [-0.1, -0.05) is 37.5 Å². The summed E-state index contributed by atoms with van der Waals surface area (Å²) in [4.78, 5) is 0. The normalized spacial score (nSPS) is 17.7. The lowest BCUT2D eigenvalue weighted by atomic mass is 9.96. The molecule has 106 valence electrons. The molecular formula is C17H28NO+. The Hall–Kier alpha value is -1.02. The highest BCUT2D eigenvalue weighted by Gasteiger charge is 2.13. The highest BCUT2D eigenvalue weighted by molar-refractivity contribution is 5.33. The van der Waals surface area contributed by atoms with Crippen LogP contribution in [0.3, 0.4) is 0 Å². The molecule has 0 bridgehead atoms. The maximum Gasteiger partial charge on any atom is 0.122 e. The molecule has 1 aromatic carbocycles. The molecule has 0 amide bonds. The number of ether oxygens (including phenoxy) is 1. The second kappa shape index (κ2) is 8.21. The van der Waals surface area contributed by atoms with Gasteiger partial charge in [0.2, 0.25) is 0 Å². The third-order valence-electron chi connectivity index (χ3n) is 4.26. The number of hydrogen-bond acceptors (Lipinski definition) is 1. The van der Waals surface area contributed by atoms with Crippen LogP contribution in [0.1, 0.15) is 50.5 Å². The molecule has 0 unspecified atom stereocenters. The van der Waals surface area contributed by atoms with Gasteiger partial charge in [-0.05, 0) is 37.3 Å². The standard InChI is InChI=1S/C17H27NO/c1-19-17-12-8-7-9-15(17)13-14-18-16-10-5-3-2-4-6-11-16/h7-9,12,16,18H,2-6,10-11,13-14H2,1H3/p+1. The fraction of sp³-hybridized carbons (Fsp3) is 0.647. The molecule has 0 heterocycles. The van der Waals surface area contributed by atoms with Crippen LogP contribution in [0, 0.1) is 0 Å². The molecule has 0 radical (unpaired) electrons. The van der Waals surface area contributed by atoms with Gasteiger partial charge in [-0.2, -0.15) is 0 Å². The van der Waals surface area contributed by atoms with Gasteiger partial charge in [0.25, 0.3) is 0 Å². The second-order valence-electron chi connectivity index (χ2n) is 5.69. The first-order valence-corrected chi connectivity index (χ1v) is 7.85. The minimum absolute atomic E-state index is 0.856. The molecule has 2 rings (SSSR count). The summed E-state index contributed by atoms with van der Waals surface area (Å²) in [5.74, 6) is 1.04. The van der Waals surface area contributed by atoms with E-state index in [1.807, 2.05) is 6.07 Å². The number of rotatable bonds is 5. The average Bonchev–Trinajstić information content (AvgIpc) is 2.41. The number of hydrogen-bond donors (Lipinski definition) is 1.